The monoisotopic (exact) mass is 323 g/mol. The van der Waals surface area contributed by atoms with Crippen molar-refractivity contribution in [3.63, 3.8) is 0 Å². The molecule has 0 saturated carbocycles. The Labute approximate surface area is 136 Å². The number of anilines is 1. The van der Waals surface area contributed by atoms with Crippen LogP contribution in [0.4, 0.5) is 5.69 Å². The third-order valence-corrected chi connectivity index (χ3v) is 4.97. The second kappa shape index (κ2) is 6.26. The molecule has 0 amide bonds. The molecule has 3 rings (SSSR count). The molecule has 1 N–H and O–H groups in total. The molecular formula is C19H17NO2S. The Hall–Kier alpha value is -2.59. The van der Waals surface area contributed by atoms with E-state index in [-0.39, 0.29) is 4.90 Å². The molecule has 116 valence electrons. The first-order valence-electron chi connectivity index (χ1n) is 7.29. The van der Waals surface area contributed by atoms with E-state index in [2.05, 4.69) is 4.72 Å². The Morgan fingerprint density at radius 1 is 0.696 bits per heavy atom. The zero-order chi connectivity index (χ0) is 16.3. The number of hydrogen-bond donors (Lipinski definition) is 1. The van der Waals surface area contributed by atoms with Crippen LogP contribution in [-0.4, -0.2) is 8.42 Å². The van der Waals surface area contributed by atoms with Gasteiger partial charge >= 0.3 is 0 Å². The average molecular weight is 323 g/mol. The van der Waals surface area contributed by atoms with Crippen molar-refractivity contribution in [2.75, 3.05) is 4.72 Å². The second-order valence-electron chi connectivity index (χ2n) is 5.36. The molecule has 0 spiro atoms. The van der Waals surface area contributed by atoms with Gasteiger partial charge < -0.3 is 0 Å². The fourth-order valence-electron chi connectivity index (χ4n) is 2.29. The van der Waals surface area contributed by atoms with Crippen LogP contribution in [0.2, 0.25) is 0 Å². The van der Waals surface area contributed by atoms with E-state index in [0.717, 1.165) is 16.7 Å². The second-order valence-corrected chi connectivity index (χ2v) is 7.04. The third-order valence-electron chi connectivity index (χ3n) is 3.58. The molecule has 0 bridgehead atoms. The Kier molecular flexibility index (Phi) is 4.17. The summed E-state index contributed by atoms with van der Waals surface area (Å²) in [5.74, 6) is 0. The standard InChI is InChI=1S/C19H17NO2S/c1-15-7-11-18(12-8-15)20-23(21,22)19-13-9-17(10-14-19)16-5-3-2-4-6-16/h2-14,20H,1H3. The normalized spacial score (nSPS) is 11.2. The van der Waals surface area contributed by atoms with Gasteiger partial charge in [0.2, 0.25) is 0 Å². The molecule has 3 nitrogen and oxygen atoms in total. The quantitative estimate of drug-likeness (QED) is 0.770. The summed E-state index contributed by atoms with van der Waals surface area (Å²) in [7, 11) is -3.58. The molecule has 0 unspecified atom stereocenters. The molecule has 0 aliphatic heterocycles. The van der Waals surface area contributed by atoms with Gasteiger partial charge in [-0.15, -0.1) is 0 Å². The molecule has 3 aromatic rings. The van der Waals surface area contributed by atoms with Crippen molar-refractivity contribution in [1.29, 1.82) is 0 Å². The van der Waals surface area contributed by atoms with E-state index in [1.54, 1.807) is 24.3 Å². The van der Waals surface area contributed by atoms with Gasteiger partial charge in [-0.3, -0.25) is 4.72 Å². The van der Waals surface area contributed by atoms with E-state index in [0.29, 0.717) is 5.69 Å². The van der Waals surface area contributed by atoms with Crippen LogP contribution < -0.4 is 4.72 Å². The molecule has 0 atom stereocenters. The summed E-state index contributed by atoms with van der Waals surface area (Å²) in [4.78, 5) is 0.248. The van der Waals surface area contributed by atoms with Crippen LogP contribution in [0.1, 0.15) is 5.56 Å². The zero-order valence-electron chi connectivity index (χ0n) is 12.7. The van der Waals surface area contributed by atoms with Gasteiger partial charge in [-0.1, -0.05) is 60.2 Å². The highest BCUT2D eigenvalue weighted by Crippen LogP contribution is 2.22. The smallest absolute Gasteiger partial charge is 0.261 e. The van der Waals surface area contributed by atoms with Gasteiger partial charge in [0.25, 0.3) is 10.0 Å². The number of aryl methyl sites for hydroxylation is 1. The van der Waals surface area contributed by atoms with E-state index >= 15 is 0 Å². The van der Waals surface area contributed by atoms with E-state index in [1.807, 2.05) is 61.5 Å². The van der Waals surface area contributed by atoms with Gasteiger partial charge in [0.15, 0.2) is 0 Å². The molecule has 0 fully saturated rings. The lowest BCUT2D eigenvalue weighted by Gasteiger charge is -2.09. The van der Waals surface area contributed by atoms with E-state index in [9.17, 15) is 8.42 Å². The first-order chi connectivity index (χ1) is 11.0. The summed E-state index contributed by atoms with van der Waals surface area (Å²) >= 11 is 0. The summed E-state index contributed by atoms with van der Waals surface area (Å²) in [6, 6.07) is 24.0. The van der Waals surface area contributed by atoms with Crippen LogP contribution in [0.15, 0.2) is 83.8 Å². The highest BCUT2D eigenvalue weighted by molar-refractivity contribution is 7.92. The predicted octanol–water partition coefficient (Wildman–Crippen LogP) is 4.46. The van der Waals surface area contributed by atoms with E-state index in [4.69, 9.17) is 0 Å². The minimum Gasteiger partial charge on any atom is -0.280 e. The molecule has 0 aliphatic carbocycles. The summed E-state index contributed by atoms with van der Waals surface area (Å²) in [6.07, 6.45) is 0. The maximum absolute atomic E-state index is 12.4. The van der Waals surface area contributed by atoms with Crippen molar-refractivity contribution >= 4 is 15.7 Å². The van der Waals surface area contributed by atoms with Gasteiger partial charge in [0, 0.05) is 5.69 Å². The molecule has 0 heterocycles. The van der Waals surface area contributed by atoms with Crippen LogP contribution >= 0.6 is 0 Å². The van der Waals surface area contributed by atoms with E-state index in [1.165, 1.54) is 0 Å². The van der Waals surface area contributed by atoms with Crippen molar-refractivity contribution in [2.24, 2.45) is 0 Å². The summed E-state index contributed by atoms with van der Waals surface area (Å²) < 4.78 is 27.4. The number of sulfonamides is 1. The fourth-order valence-corrected chi connectivity index (χ4v) is 3.35. The minimum atomic E-state index is -3.58. The Bertz CT molecular complexity index is 884. The summed E-state index contributed by atoms with van der Waals surface area (Å²) in [6.45, 7) is 1.96. The number of nitrogens with one attached hydrogen (secondary N) is 1. The third kappa shape index (κ3) is 3.60. The summed E-state index contributed by atoms with van der Waals surface area (Å²) in [5, 5.41) is 0. The van der Waals surface area contributed by atoms with Crippen molar-refractivity contribution in [3.05, 3.63) is 84.4 Å². The van der Waals surface area contributed by atoms with Crippen LogP contribution in [0.3, 0.4) is 0 Å². The average Bonchev–Trinajstić information content (AvgIpc) is 2.58. The largest absolute Gasteiger partial charge is 0.280 e. The highest BCUT2D eigenvalue weighted by Gasteiger charge is 2.14. The maximum Gasteiger partial charge on any atom is 0.261 e. The predicted molar refractivity (Wildman–Crippen MR) is 93.9 cm³/mol. The lowest BCUT2D eigenvalue weighted by atomic mass is 10.1. The zero-order valence-corrected chi connectivity index (χ0v) is 13.5. The molecular weight excluding hydrogens is 306 g/mol. The molecule has 0 radical (unpaired) electrons. The van der Waals surface area contributed by atoms with Crippen molar-refractivity contribution in [1.82, 2.24) is 0 Å². The number of benzene rings is 3. The number of hydrogen-bond acceptors (Lipinski definition) is 2. The van der Waals surface area contributed by atoms with Gasteiger partial charge in [-0.2, -0.15) is 0 Å². The lowest BCUT2D eigenvalue weighted by molar-refractivity contribution is 0.601. The topological polar surface area (TPSA) is 46.2 Å². The number of rotatable bonds is 4. The van der Waals surface area contributed by atoms with Gasteiger partial charge in [0.1, 0.15) is 0 Å². The first kappa shape index (κ1) is 15.3. The van der Waals surface area contributed by atoms with Gasteiger partial charge in [0.05, 0.1) is 4.90 Å². The Morgan fingerprint density at radius 3 is 1.87 bits per heavy atom. The fraction of sp³-hybridized carbons (Fsp3) is 0.0526. The van der Waals surface area contributed by atoms with Crippen molar-refractivity contribution in [2.45, 2.75) is 11.8 Å². The van der Waals surface area contributed by atoms with Crippen molar-refractivity contribution in [3.8, 4) is 11.1 Å². The first-order valence-corrected chi connectivity index (χ1v) is 8.78. The van der Waals surface area contributed by atoms with E-state index < -0.39 is 10.0 Å². The summed E-state index contributed by atoms with van der Waals surface area (Å²) in [5.41, 5.74) is 3.69. The Balaban J connectivity index is 1.84. The Morgan fingerprint density at radius 2 is 1.26 bits per heavy atom. The van der Waals surface area contributed by atoms with Crippen molar-refractivity contribution < 1.29 is 8.42 Å². The molecule has 0 aromatic heterocycles. The molecule has 3 aromatic carbocycles. The molecule has 4 heteroatoms. The van der Waals surface area contributed by atoms with Gasteiger partial charge in [-0.25, -0.2) is 8.42 Å². The molecule has 0 saturated heterocycles. The minimum absolute atomic E-state index is 0.248. The highest BCUT2D eigenvalue weighted by atomic mass is 32.2. The lowest BCUT2D eigenvalue weighted by Crippen LogP contribution is -2.12. The molecule has 23 heavy (non-hydrogen) atoms. The SMILES string of the molecule is Cc1ccc(NS(=O)(=O)c2ccc(-c3ccccc3)cc2)cc1. The van der Waals surface area contributed by atoms with Crippen LogP contribution in [-0.2, 0) is 10.0 Å². The van der Waals surface area contributed by atoms with Gasteiger partial charge in [-0.05, 0) is 42.3 Å². The van der Waals surface area contributed by atoms with Crippen LogP contribution in [0.5, 0.6) is 0 Å². The van der Waals surface area contributed by atoms with Crippen LogP contribution in [0, 0.1) is 6.92 Å². The van der Waals surface area contributed by atoms with Crippen LogP contribution in [0.25, 0.3) is 11.1 Å². The maximum atomic E-state index is 12.4. The molecule has 0 aliphatic rings.